The van der Waals surface area contributed by atoms with Crippen LogP contribution in [0.2, 0.25) is 0 Å². The van der Waals surface area contributed by atoms with Crippen LogP contribution in [0.4, 0.5) is 9.59 Å². The first kappa shape index (κ1) is 65.5. The Balaban J connectivity index is 0.000000220. The molecule has 0 spiro atoms. The Hall–Kier alpha value is -6.94. The van der Waals surface area contributed by atoms with Crippen LogP contribution in [0.5, 0.6) is 0 Å². The lowest BCUT2D eigenvalue weighted by Crippen LogP contribution is -2.38. The molecule has 18 nitrogen and oxygen atoms in total. The molecule has 0 fully saturated rings. The lowest BCUT2D eigenvalue weighted by atomic mass is 9.87. The minimum atomic E-state index is -0.900. The van der Waals surface area contributed by atoms with Crippen molar-refractivity contribution in [2.75, 3.05) is 14.1 Å². The number of fused-ring (bicyclic) bond motifs is 4. The third kappa shape index (κ3) is 15.2. The quantitative estimate of drug-likeness (QED) is 0.0707. The fourth-order valence-electron chi connectivity index (χ4n) is 10.7. The zero-order chi connectivity index (χ0) is 64.4. The van der Waals surface area contributed by atoms with Crippen molar-refractivity contribution in [3.05, 3.63) is 96.0 Å². The van der Waals surface area contributed by atoms with E-state index >= 15 is 0 Å². The molecule has 0 amide bonds. The van der Waals surface area contributed by atoms with Gasteiger partial charge in [-0.05, 0) is 192 Å². The van der Waals surface area contributed by atoms with Crippen molar-refractivity contribution in [1.82, 2.24) is 49.3 Å². The topological polar surface area (TPSA) is 219 Å². The van der Waals surface area contributed by atoms with Crippen LogP contribution in [0, 0.1) is 10.8 Å². The maximum atomic E-state index is 14.3. The van der Waals surface area contributed by atoms with Gasteiger partial charge in [0.15, 0.2) is 24.3 Å². The number of nitrogens with one attached hydrogen (secondary N) is 2. The van der Waals surface area contributed by atoms with Gasteiger partial charge in [0, 0.05) is 41.5 Å². The van der Waals surface area contributed by atoms with E-state index in [4.69, 9.17) is 23.4 Å². The number of aromatic nitrogens is 8. The van der Waals surface area contributed by atoms with Crippen LogP contribution in [-0.2, 0) is 35.4 Å². The van der Waals surface area contributed by atoms with E-state index < -0.39 is 34.6 Å². The van der Waals surface area contributed by atoms with Crippen LogP contribution < -0.4 is 0 Å². The molecule has 2 atom stereocenters. The van der Waals surface area contributed by atoms with E-state index in [-0.39, 0.29) is 16.9 Å². The molecule has 8 aromatic heterocycles. The predicted octanol–water partition coefficient (Wildman–Crippen LogP) is 16.5. The highest BCUT2D eigenvalue weighted by atomic mass is 32.1. The number of benzene rings is 2. The second kappa shape index (κ2) is 24.5. The van der Waals surface area contributed by atoms with Crippen molar-refractivity contribution in [3.8, 4) is 44.1 Å². The fraction of sp³-hybridized carbons (Fsp3) is 0.500. The lowest BCUT2D eigenvalue weighted by Gasteiger charge is -2.35. The van der Waals surface area contributed by atoms with Crippen LogP contribution in [0.25, 0.3) is 86.3 Å². The summed E-state index contributed by atoms with van der Waals surface area (Å²) in [6, 6.07) is 17.5. The summed E-state index contributed by atoms with van der Waals surface area (Å²) in [5.74, 6) is 1.29. The van der Waals surface area contributed by atoms with Crippen LogP contribution in [0.1, 0.15) is 160 Å². The summed E-state index contributed by atoms with van der Waals surface area (Å²) in [6.07, 6.45) is 7.51. The Morgan fingerprint density at radius 2 is 1.12 bits per heavy atom. The number of oxazole rings is 2. The van der Waals surface area contributed by atoms with Crippen LogP contribution in [0.15, 0.2) is 82.5 Å². The number of aliphatic hydroxyl groups is 2. The van der Waals surface area contributed by atoms with Crippen LogP contribution in [-0.4, -0.2) is 120 Å². The van der Waals surface area contributed by atoms with E-state index in [1.807, 2.05) is 52.8 Å². The predicted molar refractivity (Wildman–Crippen MR) is 354 cm³/mol. The van der Waals surface area contributed by atoms with E-state index in [2.05, 4.69) is 135 Å². The zero-order valence-corrected chi connectivity index (χ0v) is 56.7. The molecule has 0 aliphatic rings. The average Bonchev–Trinajstić information content (AvgIpc) is 1.61. The molecule has 0 aliphatic carbocycles. The maximum Gasteiger partial charge on any atom is 0.435 e. The minimum absolute atomic E-state index is 0.0517. The summed E-state index contributed by atoms with van der Waals surface area (Å²) >= 11 is 3.02. The fourth-order valence-corrected chi connectivity index (χ4v) is 12.9. The van der Waals surface area contributed by atoms with Gasteiger partial charge in [-0.15, -0.1) is 22.7 Å². The standard InChI is InChI=1S/C39H53N5O6S.C29H37N5O2S/c1-23(36(2,3)4)42(13)21-24-16-25(14-15-39(11,12)47)26-18-28(43(27(26)17-24)34(45)49-37(5,6)7)32-33-29(19-31(51-33)30-20-40-22-48-30)44(41-32)35(46)50-38(8,9)10;1-17(28(2,3)4)34(7)15-18-10-19(8-9-29(5,6)35)20-12-22(31-21(20)11-18)26-27-23(32-33-26)13-25(37-27)24-14-30-16-36-24/h16-20,22-23,47H,14-15,21H2,1-13H3;10-14,16-17,31,35H,8-9,15H2,1-7H3,(H,32,33). The second-order valence-electron chi connectivity index (χ2n) is 29.2. The third-order valence-corrected chi connectivity index (χ3v) is 18.5. The summed E-state index contributed by atoms with van der Waals surface area (Å²) in [5.41, 5.74) is 7.59. The van der Waals surface area contributed by atoms with Gasteiger partial charge >= 0.3 is 12.2 Å². The Morgan fingerprint density at radius 1 is 0.614 bits per heavy atom. The van der Waals surface area contributed by atoms with Gasteiger partial charge in [0.05, 0.1) is 70.7 Å². The Kier molecular flexibility index (Phi) is 18.2. The largest absolute Gasteiger partial charge is 0.443 e. The smallest absolute Gasteiger partial charge is 0.435 e. The van der Waals surface area contributed by atoms with Crippen molar-refractivity contribution in [3.63, 3.8) is 0 Å². The number of aromatic amines is 2. The van der Waals surface area contributed by atoms with E-state index in [0.717, 1.165) is 72.1 Å². The highest BCUT2D eigenvalue weighted by molar-refractivity contribution is 7.23. The monoisotopic (exact) mass is 1240 g/mol. The summed E-state index contributed by atoms with van der Waals surface area (Å²) in [5, 5.41) is 35.9. The van der Waals surface area contributed by atoms with Gasteiger partial charge in [-0.25, -0.2) is 24.1 Å². The van der Waals surface area contributed by atoms with E-state index in [1.54, 1.807) is 62.9 Å². The van der Waals surface area contributed by atoms with Crippen molar-refractivity contribution in [2.45, 2.75) is 198 Å². The number of thiophene rings is 2. The maximum absolute atomic E-state index is 14.3. The molecule has 4 N–H and O–H groups in total. The molecule has 8 heterocycles. The van der Waals surface area contributed by atoms with Gasteiger partial charge in [-0.1, -0.05) is 53.7 Å². The molecule has 2 unspecified atom stereocenters. The van der Waals surface area contributed by atoms with Crippen molar-refractivity contribution in [1.29, 1.82) is 0 Å². The van der Waals surface area contributed by atoms with Crippen molar-refractivity contribution >= 4 is 77.1 Å². The second-order valence-corrected chi connectivity index (χ2v) is 31.3. The summed E-state index contributed by atoms with van der Waals surface area (Å²) in [4.78, 5) is 46.2. The number of aryl methyl sites for hydroxylation is 2. The SMILES string of the molecule is CC(N(C)Cc1cc(CCC(C)(C)O)c2cc(-c3n[nH]c4cc(-c5cnco5)sc34)[nH]c2c1)C(C)(C)C.CC(N(C)Cc1cc(CCC(C)(C)O)c2cc(-c3nn(C(=O)OC(C)(C)C)c4cc(-c5cnco5)sc34)n(C(=O)OC(C)(C)C)c2c1)C(C)(C)C. The van der Waals surface area contributed by atoms with E-state index in [0.29, 0.717) is 64.7 Å². The van der Waals surface area contributed by atoms with Gasteiger partial charge in [0.25, 0.3) is 0 Å². The highest BCUT2D eigenvalue weighted by Gasteiger charge is 2.33. The number of hydrogen-bond donors (Lipinski definition) is 4. The summed E-state index contributed by atoms with van der Waals surface area (Å²) < 4.78 is 27.5. The minimum Gasteiger partial charge on any atom is -0.443 e. The number of hydrogen-bond acceptors (Lipinski definition) is 16. The highest BCUT2D eigenvalue weighted by Crippen LogP contribution is 2.44. The number of ether oxygens (including phenoxy) is 2. The first-order valence-electron chi connectivity index (χ1n) is 30.2. The molecule has 2 aromatic carbocycles. The van der Waals surface area contributed by atoms with E-state index in [1.165, 1.54) is 45.3 Å². The molecule has 0 saturated heterocycles. The normalized spacial score (nSPS) is 13.8. The first-order valence-corrected chi connectivity index (χ1v) is 31.9. The zero-order valence-electron chi connectivity index (χ0n) is 55.1. The molecule has 88 heavy (non-hydrogen) atoms. The van der Waals surface area contributed by atoms with E-state index in [9.17, 15) is 19.8 Å². The van der Waals surface area contributed by atoms with Gasteiger partial charge in [0.1, 0.15) is 22.6 Å². The average molecular weight is 1240 g/mol. The van der Waals surface area contributed by atoms with Gasteiger partial charge in [-0.3, -0.25) is 14.9 Å². The third-order valence-electron chi connectivity index (χ3n) is 16.2. The van der Waals surface area contributed by atoms with Gasteiger partial charge in [0.2, 0.25) is 0 Å². The first-order chi connectivity index (χ1) is 40.8. The molecular weight excluding hydrogens is 1150 g/mol. The number of rotatable bonds is 16. The number of H-pyrrole nitrogens is 2. The number of nitrogens with zero attached hydrogens (tertiary/aromatic N) is 8. The molecular formula is C68H90N10O8S2. The molecule has 10 aromatic rings. The molecule has 10 rings (SSSR count). The molecule has 0 saturated carbocycles. The van der Waals surface area contributed by atoms with Gasteiger partial charge < -0.3 is 33.5 Å². The Morgan fingerprint density at radius 3 is 1.64 bits per heavy atom. The summed E-state index contributed by atoms with van der Waals surface area (Å²) in [6.45, 7) is 37.8. The van der Waals surface area contributed by atoms with Crippen molar-refractivity contribution < 1.29 is 38.1 Å². The Bertz CT molecular complexity index is 4070. The Labute approximate surface area is 524 Å². The van der Waals surface area contributed by atoms with Crippen LogP contribution >= 0.6 is 22.7 Å². The van der Waals surface area contributed by atoms with Crippen molar-refractivity contribution in [2.24, 2.45) is 10.8 Å². The number of carbonyl (C=O) groups is 2. The number of carbonyl (C=O) groups excluding carboxylic acids is 2. The lowest BCUT2D eigenvalue weighted by molar-refractivity contribution is 0.0520. The molecule has 0 aliphatic heterocycles. The molecule has 20 heteroatoms. The van der Waals surface area contributed by atoms with Crippen LogP contribution in [0.3, 0.4) is 0 Å². The molecule has 472 valence electrons. The molecule has 0 radical (unpaired) electrons. The molecule has 0 bridgehead atoms. The summed E-state index contributed by atoms with van der Waals surface area (Å²) in [7, 11) is 4.30. The van der Waals surface area contributed by atoms with Gasteiger partial charge in [-0.2, -0.15) is 14.9 Å².